The Morgan fingerprint density at radius 2 is 2.29 bits per heavy atom. The van der Waals surface area contributed by atoms with Crippen LogP contribution in [-0.4, -0.2) is 38.8 Å². The summed E-state index contributed by atoms with van der Waals surface area (Å²) in [5.74, 6) is 0.674. The number of hydrogen-bond acceptors (Lipinski definition) is 3. The lowest BCUT2D eigenvalue weighted by Crippen LogP contribution is -2.14. The Balaban J connectivity index is 1.86. The van der Waals surface area contributed by atoms with E-state index in [0.717, 1.165) is 26.3 Å². The van der Waals surface area contributed by atoms with Gasteiger partial charge in [-0.2, -0.15) is 0 Å². The van der Waals surface area contributed by atoms with E-state index in [-0.39, 0.29) is 0 Å². The molecule has 17 heavy (non-hydrogen) atoms. The number of benzene rings is 1. The fourth-order valence-electron chi connectivity index (χ4n) is 2.15. The number of rotatable bonds is 5. The van der Waals surface area contributed by atoms with Crippen LogP contribution in [0.25, 0.3) is 0 Å². The third-order valence-electron chi connectivity index (χ3n) is 3.04. The fraction of sp³-hybridized carbons (Fsp3) is 0.571. The molecule has 0 spiro atoms. The zero-order valence-electron chi connectivity index (χ0n) is 10.8. The molecule has 0 radical (unpaired) electrons. The summed E-state index contributed by atoms with van der Waals surface area (Å²) in [7, 11) is 4.19. The van der Waals surface area contributed by atoms with Crippen LogP contribution in [0.3, 0.4) is 0 Å². The SMILES string of the molecule is CN(C)Cc1cccc(NCC2CCOC2)c1. The second-order valence-corrected chi connectivity index (χ2v) is 5.05. The van der Waals surface area contributed by atoms with Crippen LogP contribution in [0.2, 0.25) is 0 Å². The number of nitrogens with one attached hydrogen (secondary N) is 1. The highest BCUT2D eigenvalue weighted by molar-refractivity contribution is 5.45. The quantitative estimate of drug-likeness (QED) is 0.845. The maximum atomic E-state index is 5.38. The van der Waals surface area contributed by atoms with Gasteiger partial charge in [-0.3, -0.25) is 0 Å². The molecule has 0 saturated carbocycles. The van der Waals surface area contributed by atoms with Crippen LogP contribution in [0.1, 0.15) is 12.0 Å². The fourth-order valence-corrected chi connectivity index (χ4v) is 2.15. The third kappa shape index (κ3) is 4.02. The van der Waals surface area contributed by atoms with E-state index in [2.05, 4.69) is 48.6 Å². The molecule has 1 atom stereocenters. The van der Waals surface area contributed by atoms with Gasteiger partial charge in [0.15, 0.2) is 0 Å². The van der Waals surface area contributed by atoms with Crippen molar-refractivity contribution in [1.82, 2.24) is 4.90 Å². The molecule has 1 heterocycles. The second kappa shape index (κ2) is 6.03. The van der Waals surface area contributed by atoms with Crippen molar-refractivity contribution in [3.8, 4) is 0 Å². The largest absolute Gasteiger partial charge is 0.385 e. The van der Waals surface area contributed by atoms with Gasteiger partial charge in [-0.05, 0) is 38.2 Å². The van der Waals surface area contributed by atoms with E-state index >= 15 is 0 Å². The van der Waals surface area contributed by atoms with Crippen molar-refractivity contribution in [2.75, 3.05) is 39.2 Å². The Bertz CT molecular complexity index is 346. The molecule has 1 saturated heterocycles. The molecule has 0 amide bonds. The topological polar surface area (TPSA) is 24.5 Å². The van der Waals surface area contributed by atoms with E-state index in [0.29, 0.717) is 5.92 Å². The van der Waals surface area contributed by atoms with Crippen LogP contribution in [0.15, 0.2) is 24.3 Å². The summed E-state index contributed by atoms with van der Waals surface area (Å²) >= 11 is 0. The minimum absolute atomic E-state index is 0.674. The molecule has 1 aliphatic rings. The number of anilines is 1. The summed E-state index contributed by atoms with van der Waals surface area (Å²) in [6.45, 7) is 3.84. The lowest BCUT2D eigenvalue weighted by atomic mass is 10.1. The van der Waals surface area contributed by atoms with E-state index in [1.807, 2.05) is 0 Å². The molecular formula is C14H22N2O. The average molecular weight is 234 g/mol. The first kappa shape index (κ1) is 12.4. The van der Waals surface area contributed by atoms with Gasteiger partial charge in [0.25, 0.3) is 0 Å². The molecule has 1 aromatic carbocycles. The van der Waals surface area contributed by atoms with Gasteiger partial charge in [0, 0.05) is 31.3 Å². The van der Waals surface area contributed by atoms with Crippen molar-refractivity contribution >= 4 is 5.69 Å². The lowest BCUT2D eigenvalue weighted by molar-refractivity contribution is 0.187. The number of nitrogens with zero attached hydrogens (tertiary/aromatic N) is 1. The van der Waals surface area contributed by atoms with Gasteiger partial charge in [0.1, 0.15) is 0 Å². The monoisotopic (exact) mass is 234 g/mol. The van der Waals surface area contributed by atoms with Crippen LogP contribution in [-0.2, 0) is 11.3 Å². The van der Waals surface area contributed by atoms with Crippen molar-refractivity contribution < 1.29 is 4.74 Å². The molecule has 3 nitrogen and oxygen atoms in total. The summed E-state index contributed by atoms with van der Waals surface area (Å²) in [5.41, 5.74) is 2.57. The molecular weight excluding hydrogens is 212 g/mol. The highest BCUT2D eigenvalue weighted by Gasteiger charge is 2.14. The Kier molecular flexibility index (Phi) is 4.40. The molecule has 2 rings (SSSR count). The molecule has 3 heteroatoms. The maximum absolute atomic E-state index is 5.38. The van der Waals surface area contributed by atoms with Crippen LogP contribution in [0.4, 0.5) is 5.69 Å². The van der Waals surface area contributed by atoms with Crippen LogP contribution >= 0.6 is 0 Å². The van der Waals surface area contributed by atoms with E-state index < -0.39 is 0 Å². The smallest absolute Gasteiger partial charge is 0.0511 e. The number of ether oxygens (including phenoxy) is 1. The van der Waals surface area contributed by atoms with Gasteiger partial charge >= 0.3 is 0 Å². The Hall–Kier alpha value is -1.06. The molecule has 94 valence electrons. The van der Waals surface area contributed by atoms with E-state index in [1.165, 1.54) is 17.7 Å². The van der Waals surface area contributed by atoms with E-state index in [9.17, 15) is 0 Å². The lowest BCUT2D eigenvalue weighted by Gasteiger charge is -2.13. The van der Waals surface area contributed by atoms with Gasteiger partial charge in [0.2, 0.25) is 0 Å². The molecule has 1 unspecified atom stereocenters. The van der Waals surface area contributed by atoms with Crippen molar-refractivity contribution in [2.45, 2.75) is 13.0 Å². The van der Waals surface area contributed by atoms with Crippen LogP contribution in [0.5, 0.6) is 0 Å². The standard InChI is InChI=1S/C14H22N2O/c1-16(2)10-12-4-3-5-14(8-12)15-9-13-6-7-17-11-13/h3-5,8,13,15H,6-7,9-11H2,1-2H3. The molecule has 1 N–H and O–H groups in total. The normalized spacial score (nSPS) is 19.8. The second-order valence-electron chi connectivity index (χ2n) is 5.05. The number of hydrogen-bond donors (Lipinski definition) is 1. The average Bonchev–Trinajstić information content (AvgIpc) is 2.79. The van der Waals surface area contributed by atoms with Gasteiger partial charge in [-0.1, -0.05) is 12.1 Å². The predicted molar refractivity (Wildman–Crippen MR) is 71.2 cm³/mol. The van der Waals surface area contributed by atoms with Crippen molar-refractivity contribution in [1.29, 1.82) is 0 Å². The third-order valence-corrected chi connectivity index (χ3v) is 3.04. The zero-order chi connectivity index (χ0) is 12.1. The van der Waals surface area contributed by atoms with Crippen molar-refractivity contribution in [2.24, 2.45) is 5.92 Å². The minimum Gasteiger partial charge on any atom is -0.385 e. The Labute approximate surface area is 104 Å². The highest BCUT2D eigenvalue weighted by Crippen LogP contribution is 2.16. The zero-order valence-corrected chi connectivity index (χ0v) is 10.8. The maximum Gasteiger partial charge on any atom is 0.0511 e. The molecule has 1 aliphatic heterocycles. The van der Waals surface area contributed by atoms with Gasteiger partial charge in [-0.25, -0.2) is 0 Å². The molecule has 1 fully saturated rings. The van der Waals surface area contributed by atoms with Crippen LogP contribution in [0, 0.1) is 5.92 Å². The van der Waals surface area contributed by atoms with Gasteiger partial charge in [-0.15, -0.1) is 0 Å². The van der Waals surface area contributed by atoms with Gasteiger partial charge in [0.05, 0.1) is 6.61 Å². The summed E-state index contributed by atoms with van der Waals surface area (Å²) in [4.78, 5) is 2.18. The van der Waals surface area contributed by atoms with Crippen LogP contribution < -0.4 is 5.32 Å². The van der Waals surface area contributed by atoms with E-state index in [4.69, 9.17) is 4.74 Å². The Morgan fingerprint density at radius 1 is 1.41 bits per heavy atom. The first-order valence-electron chi connectivity index (χ1n) is 6.29. The first-order valence-corrected chi connectivity index (χ1v) is 6.29. The first-order chi connectivity index (χ1) is 8.24. The minimum atomic E-state index is 0.674. The van der Waals surface area contributed by atoms with Gasteiger partial charge < -0.3 is 15.0 Å². The van der Waals surface area contributed by atoms with E-state index in [1.54, 1.807) is 0 Å². The Morgan fingerprint density at radius 3 is 3.00 bits per heavy atom. The molecule has 0 aromatic heterocycles. The summed E-state index contributed by atoms with van der Waals surface area (Å²) in [6, 6.07) is 8.65. The summed E-state index contributed by atoms with van der Waals surface area (Å²) in [5, 5.41) is 3.50. The summed E-state index contributed by atoms with van der Waals surface area (Å²) < 4.78 is 5.38. The highest BCUT2D eigenvalue weighted by atomic mass is 16.5. The molecule has 0 aliphatic carbocycles. The van der Waals surface area contributed by atoms with Crippen molar-refractivity contribution in [3.05, 3.63) is 29.8 Å². The molecule has 0 bridgehead atoms. The summed E-state index contributed by atoms with van der Waals surface area (Å²) in [6.07, 6.45) is 1.18. The van der Waals surface area contributed by atoms with Crippen molar-refractivity contribution in [3.63, 3.8) is 0 Å². The molecule has 1 aromatic rings. The predicted octanol–water partition coefficient (Wildman–Crippen LogP) is 2.20.